The van der Waals surface area contributed by atoms with E-state index in [4.69, 9.17) is 0 Å². The zero-order chi connectivity index (χ0) is 23.5. The highest BCUT2D eigenvalue weighted by Gasteiger charge is 2.25. The standard InChI is InChI=1S/C25H29FN6OS/c1-18(30-14-5-2-6-15-30)23-28-29-25(32(23)20-12-10-19(26)11-13-20)34-17-7-16-31-22-9-4-3-8-21(22)27-24(31)33/h3-4,8-13,18H,2,5-7,14-17H2,1H3,(H,27,33). The van der Waals surface area contributed by atoms with Gasteiger partial charge in [-0.1, -0.05) is 30.3 Å². The fourth-order valence-electron chi connectivity index (χ4n) is 4.66. The van der Waals surface area contributed by atoms with Gasteiger partial charge in [0.15, 0.2) is 11.0 Å². The van der Waals surface area contributed by atoms with Crippen molar-refractivity contribution in [2.45, 2.75) is 50.4 Å². The molecule has 0 amide bonds. The number of aromatic nitrogens is 5. The Balaban J connectivity index is 1.34. The minimum Gasteiger partial charge on any atom is -0.306 e. The van der Waals surface area contributed by atoms with Crippen molar-refractivity contribution >= 4 is 22.8 Å². The number of imidazole rings is 1. The first-order chi connectivity index (χ1) is 16.6. The van der Waals surface area contributed by atoms with Gasteiger partial charge in [-0.3, -0.25) is 14.0 Å². The van der Waals surface area contributed by atoms with Gasteiger partial charge in [-0.2, -0.15) is 0 Å². The third kappa shape index (κ3) is 4.67. The number of halogens is 1. The Bertz CT molecular complexity index is 1310. The van der Waals surface area contributed by atoms with Crippen molar-refractivity contribution in [3.63, 3.8) is 0 Å². The van der Waals surface area contributed by atoms with E-state index in [1.165, 1.54) is 31.4 Å². The van der Waals surface area contributed by atoms with Crippen molar-refractivity contribution in [2.75, 3.05) is 18.8 Å². The molecule has 0 radical (unpaired) electrons. The Labute approximate surface area is 202 Å². The highest BCUT2D eigenvalue weighted by atomic mass is 32.2. The molecule has 5 rings (SSSR count). The highest BCUT2D eigenvalue weighted by molar-refractivity contribution is 7.99. The number of aryl methyl sites for hydroxylation is 1. The number of hydrogen-bond donors (Lipinski definition) is 1. The number of nitrogens with zero attached hydrogens (tertiary/aromatic N) is 5. The van der Waals surface area contributed by atoms with Gasteiger partial charge in [-0.15, -0.1) is 10.2 Å². The summed E-state index contributed by atoms with van der Waals surface area (Å²) in [5.41, 5.74) is 2.55. The molecule has 1 aliphatic rings. The Morgan fingerprint density at radius 3 is 2.62 bits per heavy atom. The number of aromatic amines is 1. The predicted molar refractivity (Wildman–Crippen MR) is 133 cm³/mol. The predicted octanol–water partition coefficient (Wildman–Crippen LogP) is 4.78. The third-order valence-electron chi connectivity index (χ3n) is 6.49. The molecule has 0 aliphatic carbocycles. The van der Waals surface area contributed by atoms with Crippen LogP contribution in [0.4, 0.5) is 4.39 Å². The lowest BCUT2D eigenvalue weighted by Gasteiger charge is -2.31. The van der Waals surface area contributed by atoms with Crippen molar-refractivity contribution in [2.24, 2.45) is 0 Å². The molecule has 2 aromatic heterocycles. The fourth-order valence-corrected chi connectivity index (χ4v) is 5.54. The Hall–Kier alpha value is -2.91. The Morgan fingerprint density at radius 2 is 1.82 bits per heavy atom. The first-order valence-electron chi connectivity index (χ1n) is 11.9. The topological polar surface area (TPSA) is 71.7 Å². The van der Waals surface area contributed by atoms with E-state index in [1.54, 1.807) is 28.5 Å². The van der Waals surface area contributed by atoms with Gasteiger partial charge < -0.3 is 4.98 Å². The van der Waals surface area contributed by atoms with E-state index in [1.807, 2.05) is 24.3 Å². The zero-order valence-electron chi connectivity index (χ0n) is 19.3. The molecule has 0 spiro atoms. The van der Waals surface area contributed by atoms with Gasteiger partial charge in [0.2, 0.25) is 0 Å². The van der Waals surface area contributed by atoms with Crippen LogP contribution < -0.4 is 5.69 Å². The number of rotatable bonds is 8. The van der Waals surface area contributed by atoms with Crippen LogP contribution in [-0.4, -0.2) is 48.1 Å². The molecule has 1 fully saturated rings. The van der Waals surface area contributed by atoms with Gasteiger partial charge >= 0.3 is 5.69 Å². The maximum atomic E-state index is 13.6. The molecule has 7 nitrogen and oxygen atoms in total. The van der Waals surface area contributed by atoms with Crippen LogP contribution in [0.5, 0.6) is 0 Å². The molecule has 1 unspecified atom stereocenters. The Kier molecular flexibility index (Phi) is 6.82. The van der Waals surface area contributed by atoms with Crippen molar-refractivity contribution in [1.29, 1.82) is 0 Å². The first-order valence-corrected chi connectivity index (χ1v) is 12.9. The van der Waals surface area contributed by atoms with E-state index in [2.05, 4.69) is 31.6 Å². The lowest BCUT2D eigenvalue weighted by molar-refractivity contribution is 0.167. The first kappa shape index (κ1) is 22.9. The molecule has 178 valence electrons. The SMILES string of the molecule is CC(c1nnc(SCCCn2c(=O)[nH]c3ccccc32)n1-c1ccc(F)cc1)N1CCCCC1. The number of likely N-dealkylation sites (tertiary alicyclic amines) is 1. The van der Waals surface area contributed by atoms with E-state index in [-0.39, 0.29) is 17.5 Å². The summed E-state index contributed by atoms with van der Waals surface area (Å²) in [5, 5.41) is 9.87. The smallest absolute Gasteiger partial charge is 0.306 e. The van der Waals surface area contributed by atoms with Gasteiger partial charge in [-0.05, 0) is 75.7 Å². The van der Waals surface area contributed by atoms with Gasteiger partial charge in [0.1, 0.15) is 5.82 Å². The third-order valence-corrected chi connectivity index (χ3v) is 7.51. The minimum absolute atomic E-state index is 0.0849. The summed E-state index contributed by atoms with van der Waals surface area (Å²) in [6.45, 7) is 4.91. The van der Waals surface area contributed by atoms with Crippen LogP contribution in [0.15, 0.2) is 58.5 Å². The molecular formula is C25H29FN6OS. The molecule has 4 aromatic rings. The molecule has 1 saturated heterocycles. The van der Waals surface area contributed by atoms with Crippen molar-refractivity contribution < 1.29 is 4.39 Å². The molecule has 1 aliphatic heterocycles. The number of benzene rings is 2. The Morgan fingerprint density at radius 1 is 1.06 bits per heavy atom. The van der Waals surface area contributed by atoms with Crippen LogP contribution in [0.2, 0.25) is 0 Å². The van der Waals surface area contributed by atoms with Gasteiger partial charge in [0.05, 0.1) is 17.1 Å². The molecular weight excluding hydrogens is 451 g/mol. The van der Waals surface area contributed by atoms with Crippen LogP contribution in [0.25, 0.3) is 16.7 Å². The van der Waals surface area contributed by atoms with E-state index in [0.29, 0.717) is 6.54 Å². The van der Waals surface area contributed by atoms with E-state index < -0.39 is 0 Å². The maximum absolute atomic E-state index is 13.6. The van der Waals surface area contributed by atoms with E-state index in [0.717, 1.165) is 53.0 Å². The number of fused-ring (bicyclic) bond motifs is 1. The molecule has 0 saturated carbocycles. The summed E-state index contributed by atoms with van der Waals surface area (Å²) in [6, 6.07) is 14.4. The van der Waals surface area contributed by atoms with Gasteiger partial charge in [0, 0.05) is 18.0 Å². The fraction of sp³-hybridized carbons (Fsp3) is 0.400. The normalized spacial score (nSPS) is 15.7. The molecule has 3 heterocycles. The highest BCUT2D eigenvalue weighted by Crippen LogP contribution is 2.29. The maximum Gasteiger partial charge on any atom is 0.326 e. The number of H-pyrrole nitrogens is 1. The van der Waals surface area contributed by atoms with Gasteiger partial charge in [0.25, 0.3) is 0 Å². The van der Waals surface area contributed by atoms with Crippen molar-refractivity contribution in [1.82, 2.24) is 29.2 Å². The molecule has 34 heavy (non-hydrogen) atoms. The molecule has 1 atom stereocenters. The number of hydrogen-bond acceptors (Lipinski definition) is 5. The van der Waals surface area contributed by atoms with E-state index >= 15 is 0 Å². The largest absolute Gasteiger partial charge is 0.326 e. The quantitative estimate of drug-likeness (QED) is 0.290. The van der Waals surface area contributed by atoms with E-state index in [9.17, 15) is 9.18 Å². The van der Waals surface area contributed by atoms with Crippen LogP contribution in [0.3, 0.4) is 0 Å². The summed E-state index contributed by atoms with van der Waals surface area (Å²) < 4.78 is 17.5. The number of nitrogens with one attached hydrogen (secondary N) is 1. The number of thioether (sulfide) groups is 1. The summed E-state index contributed by atoms with van der Waals surface area (Å²) in [6.07, 6.45) is 4.47. The summed E-state index contributed by atoms with van der Waals surface area (Å²) >= 11 is 1.62. The van der Waals surface area contributed by atoms with Crippen LogP contribution in [-0.2, 0) is 6.54 Å². The second-order valence-electron chi connectivity index (χ2n) is 8.73. The number of piperidine rings is 1. The lowest BCUT2D eigenvalue weighted by Crippen LogP contribution is -2.33. The lowest BCUT2D eigenvalue weighted by atomic mass is 10.1. The second-order valence-corrected chi connectivity index (χ2v) is 9.79. The molecule has 2 aromatic carbocycles. The molecule has 0 bridgehead atoms. The minimum atomic E-state index is -0.263. The van der Waals surface area contributed by atoms with Gasteiger partial charge in [-0.25, -0.2) is 9.18 Å². The molecule has 1 N–H and O–H groups in total. The molecule has 9 heteroatoms. The zero-order valence-corrected chi connectivity index (χ0v) is 20.1. The van der Waals surface area contributed by atoms with Crippen LogP contribution >= 0.6 is 11.8 Å². The van der Waals surface area contributed by atoms with Crippen molar-refractivity contribution in [3.05, 3.63) is 70.7 Å². The average Bonchev–Trinajstić information content (AvgIpc) is 3.43. The average molecular weight is 481 g/mol. The van der Waals surface area contributed by atoms with Crippen molar-refractivity contribution in [3.8, 4) is 5.69 Å². The summed E-state index contributed by atoms with van der Waals surface area (Å²) in [5.74, 6) is 1.40. The summed E-state index contributed by atoms with van der Waals surface area (Å²) in [4.78, 5) is 17.7. The second kappa shape index (κ2) is 10.1. The number of para-hydroxylation sites is 2. The summed E-state index contributed by atoms with van der Waals surface area (Å²) in [7, 11) is 0. The monoisotopic (exact) mass is 480 g/mol. The van der Waals surface area contributed by atoms with Crippen LogP contribution in [0, 0.1) is 5.82 Å². The van der Waals surface area contributed by atoms with Crippen LogP contribution in [0.1, 0.15) is 44.5 Å².